The van der Waals surface area contributed by atoms with Crippen molar-refractivity contribution < 1.29 is 23.4 Å². The summed E-state index contributed by atoms with van der Waals surface area (Å²) in [5.74, 6) is -1.20. The molecule has 0 spiro atoms. The van der Waals surface area contributed by atoms with Crippen LogP contribution in [0.25, 0.3) is 6.08 Å². The van der Waals surface area contributed by atoms with Gasteiger partial charge in [0, 0.05) is 10.0 Å². The van der Waals surface area contributed by atoms with Crippen molar-refractivity contribution in [2.24, 2.45) is 0 Å². The van der Waals surface area contributed by atoms with E-state index in [4.69, 9.17) is 21.4 Å². The number of carboxylic acid groups (broad SMARTS) is 1. The summed E-state index contributed by atoms with van der Waals surface area (Å²) in [7, 11) is 0.500. The predicted octanol–water partition coefficient (Wildman–Crippen LogP) is 3.84. The quantitative estimate of drug-likeness (QED) is 0.844. The van der Waals surface area contributed by atoms with Crippen LogP contribution in [-0.4, -0.2) is 24.6 Å². The molecule has 0 aromatic heterocycles. The van der Waals surface area contributed by atoms with E-state index < -0.39 is 17.9 Å². The van der Waals surface area contributed by atoms with Crippen LogP contribution in [0.1, 0.15) is 5.56 Å². The van der Waals surface area contributed by atoms with Gasteiger partial charge in [-0.1, -0.05) is 27.5 Å². The van der Waals surface area contributed by atoms with E-state index in [1.165, 1.54) is 6.08 Å². The maximum Gasteiger partial charge on any atom is 0.338 e. The fourth-order valence-electron chi connectivity index (χ4n) is 1.37. The molecule has 3 nitrogen and oxygen atoms in total. The molecule has 18 heavy (non-hydrogen) atoms. The Labute approximate surface area is 115 Å². The molecular formula is C11H8BrClF2O3. The van der Waals surface area contributed by atoms with E-state index in [0.29, 0.717) is 17.2 Å². The second-order valence-corrected chi connectivity index (χ2v) is 4.47. The van der Waals surface area contributed by atoms with Gasteiger partial charge in [0.15, 0.2) is 0 Å². The Bertz CT molecular complexity index is 505. The van der Waals surface area contributed by atoms with Gasteiger partial charge >= 0.3 is 5.97 Å². The van der Waals surface area contributed by atoms with Crippen molar-refractivity contribution in [2.75, 3.05) is 7.18 Å². The Morgan fingerprint density at radius 1 is 1.50 bits per heavy atom. The standard InChI is InChI=1S/C10H5BrClFO3.CH3F/c11-5-1-4-2-6(10(14)15)9(13)16-8(4)7(12)3-5;1-2/h1-3,9H,(H,14,15);1H3. The third-order valence-electron chi connectivity index (χ3n) is 2.06. The number of fused-ring (bicyclic) bond motifs is 1. The molecule has 1 heterocycles. The molecule has 0 radical (unpaired) electrons. The molecule has 0 aliphatic carbocycles. The summed E-state index contributed by atoms with van der Waals surface area (Å²) in [5, 5.41) is 8.97. The lowest BCUT2D eigenvalue weighted by Gasteiger charge is -2.20. The molecular weight excluding hydrogens is 333 g/mol. The molecule has 1 aliphatic heterocycles. The largest absolute Gasteiger partial charge is 0.478 e. The van der Waals surface area contributed by atoms with E-state index in [9.17, 15) is 13.6 Å². The maximum absolute atomic E-state index is 13.3. The molecule has 1 aromatic rings. The number of halogens is 4. The van der Waals surface area contributed by atoms with Crippen LogP contribution in [0.15, 0.2) is 22.2 Å². The number of rotatable bonds is 1. The molecule has 0 bridgehead atoms. The van der Waals surface area contributed by atoms with Crippen LogP contribution in [0.5, 0.6) is 5.75 Å². The number of alkyl halides is 2. The zero-order chi connectivity index (χ0) is 13.9. The highest BCUT2D eigenvalue weighted by atomic mass is 79.9. The van der Waals surface area contributed by atoms with Gasteiger partial charge in [0.25, 0.3) is 6.36 Å². The molecule has 0 amide bonds. The third kappa shape index (κ3) is 3.00. The predicted molar refractivity (Wildman–Crippen MR) is 67.3 cm³/mol. The third-order valence-corrected chi connectivity index (χ3v) is 2.80. The summed E-state index contributed by atoms with van der Waals surface area (Å²) in [6.45, 7) is 0. The number of hydrogen-bond acceptors (Lipinski definition) is 2. The second-order valence-electron chi connectivity index (χ2n) is 3.14. The van der Waals surface area contributed by atoms with Crippen LogP contribution in [0.4, 0.5) is 8.78 Å². The summed E-state index contributed by atoms with van der Waals surface area (Å²) >= 11 is 9.04. The fraction of sp³-hybridized carbons (Fsp3) is 0.182. The van der Waals surface area contributed by atoms with E-state index in [1.54, 1.807) is 12.1 Å². The molecule has 0 saturated heterocycles. The maximum atomic E-state index is 13.3. The number of carbonyl (C=O) groups is 1. The minimum Gasteiger partial charge on any atom is -0.478 e. The number of hydrogen-bond donors (Lipinski definition) is 1. The first-order chi connectivity index (χ1) is 8.49. The normalized spacial score (nSPS) is 16.7. The zero-order valence-corrected chi connectivity index (χ0v) is 11.4. The Morgan fingerprint density at radius 2 is 2.11 bits per heavy atom. The molecule has 98 valence electrons. The first-order valence-electron chi connectivity index (χ1n) is 4.61. The van der Waals surface area contributed by atoms with Gasteiger partial charge in [-0.2, -0.15) is 4.39 Å². The van der Waals surface area contributed by atoms with Crippen LogP contribution in [0.3, 0.4) is 0 Å². The minimum atomic E-state index is -2.00. The number of aliphatic carboxylic acids is 1. The van der Waals surface area contributed by atoms with Crippen LogP contribution in [-0.2, 0) is 4.79 Å². The van der Waals surface area contributed by atoms with Crippen LogP contribution in [0.2, 0.25) is 5.02 Å². The molecule has 1 atom stereocenters. The van der Waals surface area contributed by atoms with Crippen molar-refractivity contribution in [3.8, 4) is 5.75 Å². The van der Waals surface area contributed by atoms with Gasteiger partial charge in [0.1, 0.15) is 11.3 Å². The van der Waals surface area contributed by atoms with Crippen molar-refractivity contribution in [2.45, 2.75) is 6.36 Å². The number of ether oxygens (including phenoxy) is 1. The second kappa shape index (κ2) is 6.15. The van der Waals surface area contributed by atoms with Crippen LogP contribution in [0, 0.1) is 0 Å². The first kappa shape index (κ1) is 14.9. The van der Waals surface area contributed by atoms with Gasteiger partial charge in [-0.3, -0.25) is 4.39 Å². The van der Waals surface area contributed by atoms with Crippen molar-refractivity contribution in [1.82, 2.24) is 0 Å². The van der Waals surface area contributed by atoms with Gasteiger partial charge < -0.3 is 9.84 Å². The molecule has 1 aromatic carbocycles. The zero-order valence-electron chi connectivity index (χ0n) is 9.08. The summed E-state index contributed by atoms with van der Waals surface area (Å²) < 4.78 is 28.3. The van der Waals surface area contributed by atoms with Gasteiger partial charge in [-0.25, -0.2) is 4.79 Å². The number of benzene rings is 1. The first-order valence-corrected chi connectivity index (χ1v) is 5.78. The average Bonchev–Trinajstić information content (AvgIpc) is 2.32. The minimum absolute atomic E-state index is 0.155. The summed E-state index contributed by atoms with van der Waals surface area (Å²) in [6, 6.07) is 3.16. The van der Waals surface area contributed by atoms with E-state index in [-0.39, 0.29) is 10.8 Å². The SMILES string of the molecule is CF.O=C(O)C1=Cc2cc(Br)cc(Cl)c2OC1F. The van der Waals surface area contributed by atoms with E-state index in [2.05, 4.69) is 15.9 Å². The van der Waals surface area contributed by atoms with Crippen molar-refractivity contribution in [3.63, 3.8) is 0 Å². The molecule has 0 saturated carbocycles. The Kier molecular flexibility index (Phi) is 5.10. The lowest BCUT2D eigenvalue weighted by atomic mass is 10.1. The van der Waals surface area contributed by atoms with E-state index >= 15 is 0 Å². The lowest BCUT2D eigenvalue weighted by Crippen LogP contribution is -2.23. The monoisotopic (exact) mass is 340 g/mol. The topological polar surface area (TPSA) is 46.5 Å². The van der Waals surface area contributed by atoms with E-state index in [0.717, 1.165) is 0 Å². The molecule has 7 heteroatoms. The number of carboxylic acids is 1. The molecule has 0 fully saturated rings. The molecule has 1 N–H and O–H groups in total. The van der Waals surface area contributed by atoms with Crippen LogP contribution >= 0.6 is 27.5 Å². The highest BCUT2D eigenvalue weighted by Gasteiger charge is 2.28. The summed E-state index contributed by atoms with van der Waals surface area (Å²) in [6.07, 6.45) is -0.786. The average molecular weight is 342 g/mol. The van der Waals surface area contributed by atoms with E-state index in [1.807, 2.05) is 0 Å². The smallest absolute Gasteiger partial charge is 0.338 e. The van der Waals surface area contributed by atoms with Crippen molar-refractivity contribution >= 4 is 39.6 Å². The summed E-state index contributed by atoms with van der Waals surface area (Å²) in [4.78, 5) is 10.7. The lowest BCUT2D eigenvalue weighted by molar-refractivity contribution is -0.134. The van der Waals surface area contributed by atoms with Crippen molar-refractivity contribution in [1.29, 1.82) is 0 Å². The highest BCUT2D eigenvalue weighted by Crippen LogP contribution is 2.38. The van der Waals surface area contributed by atoms with Gasteiger partial charge in [0.05, 0.1) is 12.2 Å². The Hall–Kier alpha value is -1.14. The van der Waals surface area contributed by atoms with Gasteiger partial charge in [-0.05, 0) is 18.2 Å². The van der Waals surface area contributed by atoms with Gasteiger partial charge in [-0.15, -0.1) is 0 Å². The molecule has 1 unspecified atom stereocenters. The Balaban J connectivity index is 0.000000771. The highest BCUT2D eigenvalue weighted by molar-refractivity contribution is 9.10. The van der Waals surface area contributed by atoms with Gasteiger partial charge in [0.2, 0.25) is 0 Å². The van der Waals surface area contributed by atoms with Crippen LogP contribution < -0.4 is 4.74 Å². The molecule has 1 aliphatic rings. The Morgan fingerprint density at radius 3 is 2.67 bits per heavy atom. The summed E-state index contributed by atoms with van der Waals surface area (Å²) in [5.41, 5.74) is -0.00709. The molecule has 2 rings (SSSR count). The van der Waals surface area contributed by atoms with Crippen molar-refractivity contribution in [3.05, 3.63) is 32.8 Å². The fourth-order valence-corrected chi connectivity index (χ4v) is 2.25.